The number of nitrogens with zero attached hydrogens (tertiary/aromatic N) is 2. The molecular formula is C13H13N3O4. The summed E-state index contributed by atoms with van der Waals surface area (Å²) in [6, 6.07) is 5.58. The average molecular weight is 275 g/mol. The number of carbonyl (C=O) groups excluding carboxylic acids is 2. The van der Waals surface area contributed by atoms with Crippen molar-refractivity contribution in [2.24, 2.45) is 11.7 Å². The zero-order chi connectivity index (χ0) is 14.4. The molecule has 0 spiro atoms. The van der Waals surface area contributed by atoms with E-state index in [1.54, 1.807) is 12.1 Å². The van der Waals surface area contributed by atoms with Crippen LogP contribution in [-0.4, -0.2) is 28.8 Å². The van der Waals surface area contributed by atoms with Crippen LogP contribution in [0.25, 0.3) is 0 Å². The summed E-state index contributed by atoms with van der Waals surface area (Å²) in [4.78, 5) is 35.5. The number of carbonyl (C=O) groups is 2. The van der Waals surface area contributed by atoms with Gasteiger partial charge in [-0.15, -0.1) is 0 Å². The van der Waals surface area contributed by atoms with Gasteiger partial charge in [-0.2, -0.15) is 0 Å². The molecule has 20 heavy (non-hydrogen) atoms. The molecule has 3 rings (SSSR count). The van der Waals surface area contributed by atoms with Crippen LogP contribution < -0.4 is 10.6 Å². The molecule has 3 atom stereocenters. The number of nitrogens with two attached hydrogens (primary N) is 1. The fourth-order valence-electron chi connectivity index (χ4n) is 2.74. The molecule has 0 aromatic heterocycles. The fraction of sp³-hybridized carbons (Fsp3) is 0.385. The maximum absolute atomic E-state index is 12.4. The van der Waals surface area contributed by atoms with E-state index in [4.69, 9.17) is 5.73 Å². The number of fused-ring (bicyclic) bond motifs is 1. The van der Waals surface area contributed by atoms with Gasteiger partial charge >= 0.3 is 0 Å². The highest BCUT2D eigenvalue weighted by Crippen LogP contribution is 2.40. The highest BCUT2D eigenvalue weighted by atomic mass is 16.6. The molecule has 0 saturated heterocycles. The molecule has 1 fully saturated rings. The summed E-state index contributed by atoms with van der Waals surface area (Å²) in [7, 11) is 0. The third-order valence-corrected chi connectivity index (χ3v) is 3.89. The molecule has 1 aliphatic carbocycles. The van der Waals surface area contributed by atoms with Crippen LogP contribution in [-0.2, 0) is 16.0 Å². The molecule has 1 aromatic rings. The molecule has 7 nitrogen and oxygen atoms in total. The van der Waals surface area contributed by atoms with Crippen molar-refractivity contribution in [3.63, 3.8) is 0 Å². The maximum atomic E-state index is 12.4. The lowest BCUT2D eigenvalue weighted by atomic mass is 10.1. The van der Waals surface area contributed by atoms with Crippen molar-refractivity contribution >= 4 is 17.5 Å². The van der Waals surface area contributed by atoms with Gasteiger partial charge in [-0.25, -0.2) is 0 Å². The smallest absolute Gasteiger partial charge is 0.240 e. The minimum atomic E-state index is -0.830. The third-order valence-electron chi connectivity index (χ3n) is 3.89. The van der Waals surface area contributed by atoms with E-state index in [9.17, 15) is 19.7 Å². The Labute approximate surface area is 114 Å². The van der Waals surface area contributed by atoms with Crippen LogP contribution in [0.5, 0.6) is 0 Å². The van der Waals surface area contributed by atoms with E-state index >= 15 is 0 Å². The van der Waals surface area contributed by atoms with Crippen molar-refractivity contribution < 1.29 is 14.5 Å². The van der Waals surface area contributed by atoms with Gasteiger partial charge in [0.25, 0.3) is 0 Å². The second kappa shape index (κ2) is 4.29. The largest absolute Gasteiger partial charge is 0.368 e. The zero-order valence-corrected chi connectivity index (χ0v) is 10.6. The molecule has 0 radical (unpaired) electrons. The van der Waals surface area contributed by atoms with E-state index in [0.29, 0.717) is 12.1 Å². The predicted octanol–water partition coefficient (Wildman–Crippen LogP) is 0.0948. The first-order valence-corrected chi connectivity index (χ1v) is 6.34. The van der Waals surface area contributed by atoms with Gasteiger partial charge in [0.05, 0.1) is 0 Å². The summed E-state index contributed by atoms with van der Waals surface area (Å²) >= 11 is 0. The number of benzene rings is 1. The first-order valence-electron chi connectivity index (χ1n) is 6.34. The second-order valence-corrected chi connectivity index (χ2v) is 5.15. The van der Waals surface area contributed by atoms with Crippen LogP contribution in [0.3, 0.4) is 0 Å². The lowest BCUT2D eigenvalue weighted by molar-refractivity contribution is -0.497. The Morgan fingerprint density at radius 2 is 2.05 bits per heavy atom. The van der Waals surface area contributed by atoms with E-state index in [0.717, 1.165) is 5.56 Å². The summed E-state index contributed by atoms with van der Waals surface area (Å²) in [5.41, 5.74) is 6.85. The Bertz CT molecular complexity index is 615. The minimum absolute atomic E-state index is 0.232. The molecule has 1 aliphatic heterocycles. The standard InChI is InChI=1S/C13H13N3O4/c14-12(17)11-5-7-3-1-2-4-9(7)15(11)13(18)8-6-10(8)16(19)20/h1-4,8,10-11H,5-6H2,(H2,14,17)/t8-,10-,11+/m1/s1. The van der Waals surface area contributed by atoms with Gasteiger partial charge in [0.2, 0.25) is 17.9 Å². The van der Waals surface area contributed by atoms with Crippen molar-refractivity contribution in [3.8, 4) is 0 Å². The first kappa shape index (κ1) is 12.6. The Balaban J connectivity index is 1.91. The summed E-state index contributed by atoms with van der Waals surface area (Å²) in [6.07, 6.45) is 0.600. The van der Waals surface area contributed by atoms with Crippen molar-refractivity contribution in [1.29, 1.82) is 0 Å². The summed E-state index contributed by atoms with van der Waals surface area (Å²) in [5, 5.41) is 10.7. The average Bonchev–Trinajstić information content (AvgIpc) is 3.11. The van der Waals surface area contributed by atoms with Crippen LogP contribution in [0.2, 0.25) is 0 Å². The van der Waals surface area contributed by atoms with Gasteiger partial charge < -0.3 is 5.73 Å². The molecule has 2 N–H and O–H groups in total. The van der Waals surface area contributed by atoms with Crippen molar-refractivity contribution in [1.82, 2.24) is 0 Å². The highest BCUT2D eigenvalue weighted by molar-refractivity contribution is 6.05. The molecule has 7 heteroatoms. The number of hydrogen-bond donors (Lipinski definition) is 1. The lowest BCUT2D eigenvalue weighted by Crippen LogP contribution is -2.47. The Morgan fingerprint density at radius 3 is 2.65 bits per heavy atom. The molecule has 104 valence electrons. The molecule has 2 amide bonds. The molecule has 1 heterocycles. The monoisotopic (exact) mass is 275 g/mol. The van der Waals surface area contributed by atoms with Gasteiger partial charge in [0.1, 0.15) is 12.0 Å². The third kappa shape index (κ3) is 1.82. The van der Waals surface area contributed by atoms with E-state index < -0.39 is 28.8 Å². The van der Waals surface area contributed by atoms with Crippen LogP contribution in [0.4, 0.5) is 5.69 Å². The molecule has 1 saturated carbocycles. The minimum Gasteiger partial charge on any atom is -0.368 e. The zero-order valence-electron chi connectivity index (χ0n) is 10.6. The summed E-state index contributed by atoms with van der Waals surface area (Å²) in [6.45, 7) is 0. The topological polar surface area (TPSA) is 107 Å². The van der Waals surface area contributed by atoms with E-state index in [2.05, 4.69) is 0 Å². The Morgan fingerprint density at radius 1 is 1.35 bits per heavy atom. The van der Waals surface area contributed by atoms with E-state index in [-0.39, 0.29) is 12.3 Å². The number of hydrogen-bond acceptors (Lipinski definition) is 4. The van der Waals surface area contributed by atoms with Crippen molar-refractivity contribution in [2.45, 2.75) is 24.9 Å². The fourth-order valence-corrected chi connectivity index (χ4v) is 2.74. The van der Waals surface area contributed by atoms with Gasteiger partial charge in [-0.05, 0) is 11.6 Å². The van der Waals surface area contributed by atoms with Gasteiger partial charge in [0.15, 0.2) is 0 Å². The number of amides is 2. The molecule has 0 bridgehead atoms. The Hall–Kier alpha value is -2.44. The van der Waals surface area contributed by atoms with E-state index in [1.165, 1.54) is 4.90 Å². The Kier molecular flexibility index (Phi) is 2.70. The molecular weight excluding hydrogens is 262 g/mol. The van der Waals surface area contributed by atoms with Gasteiger partial charge in [-0.3, -0.25) is 24.6 Å². The number of para-hydroxylation sites is 1. The number of primary amides is 1. The van der Waals surface area contributed by atoms with Crippen LogP contribution in [0.1, 0.15) is 12.0 Å². The van der Waals surface area contributed by atoms with Crippen molar-refractivity contribution in [3.05, 3.63) is 39.9 Å². The summed E-state index contributed by atoms with van der Waals surface area (Å²) < 4.78 is 0. The van der Waals surface area contributed by atoms with Crippen LogP contribution in [0, 0.1) is 16.0 Å². The molecule has 2 aliphatic rings. The van der Waals surface area contributed by atoms with E-state index in [1.807, 2.05) is 12.1 Å². The SMILES string of the molecule is NC(=O)[C@@H]1Cc2ccccc2N1C(=O)[C@@H]1C[C@H]1[N+](=O)[O-]. The predicted molar refractivity (Wildman–Crippen MR) is 69.5 cm³/mol. The normalized spacial score (nSPS) is 27.0. The van der Waals surface area contributed by atoms with Crippen LogP contribution in [0.15, 0.2) is 24.3 Å². The molecule has 0 unspecified atom stereocenters. The van der Waals surface area contributed by atoms with Gasteiger partial charge in [-0.1, -0.05) is 18.2 Å². The first-order chi connectivity index (χ1) is 9.50. The number of rotatable bonds is 3. The maximum Gasteiger partial charge on any atom is 0.240 e. The highest BCUT2D eigenvalue weighted by Gasteiger charge is 2.56. The summed E-state index contributed by atoms with van der Waals surface area (Å²) in [5.74, 6) is -1.61. The molecule has 1 aromatic carbocycles. The van der Waals surface area contributed by atoms with Crippen LogP contribution >= 0.6 is 0 Å². The quantitative estimate of drug-likeness (QED) is 0.623. The second-order valence-electron chi connectivity index (χ2n) is 5.15. The lowest BCUT2D eigenvalue weighted by Gasteiger charge is -2.22. The number of anilines is 1. The number of nitro groups is 1. The van der Waals surface area contributed by atoms with Crippen molar-refractivity contribution in [2.75, 3.05) is 4.90 Å². The van der Waals surface area contributed by atoms with Gasteiger partial charge in [0, 0.05) is 23.5 Å².